The van der Waals surface area contributed by atoms with Crippen LogP contribution in [0.4, 0.5) is 5.82 Å². The second-order valence-corrected chi connectivity index (χ2v) is 7.60. The third-order valence-electron chi connectivity index (χ3n) is 4.61. The number of thiophene rings is 1. The lowest BCUT2D eigenvalue weighted by molar-refractivity contribution is 0.133. The monoisotopic (exact) mass is 322 g/mol. The average molecular weight is 323 g/mol. The van der Waals surface area contributed by atoms with Gasteiger partial charge in [-0.25, -0.2) is 4.98 Å². The van der Waals surface area contributed by atoms with Crippen LogP contribution in [0.2, 0.25) is 5.28 Å². The first kappa shape index (κ1) is 13.7. The number of hydrogen-bond donors (Lipinski definition) is 0. The van der Waals surface area contributed by atoms with Gasteiger partial charge in [-0.15, -0.1) is 11.3 Å². The molecule has 2 fully saturated rings. The maximum Gasteiger partial charge on any atom is 0.225 e. The van der Waals surface area contributed by atoms with Crippen LogP contribution in [0.3, 0.4) is 0 Å². The van der Waals surface area contributed by atoms with Crippen LogP contribution in [0.1, 0.15) is 24.1 Å². The van der Waals surface area contributed by atoms with Crippen molar-refractivity contribution in [2.24, 2.45) is 0 Å². The molecular weight excluding hydrogens is 304 g/mol. The minimum absolute atomic E-state index is 0.366. The number of anilines is 1. The van der Waals surface area contributed by atoms with Crippen molar-refractivity contribution in [2.75, 3.05) is 31.1 Å². The molecule has 4 heterocycles. The Balaban J connectivity index is 1.69. The molecular formula is C15H19ClN4S. The Morgan fingerprint density at radius 3 is 3.05 bits per heavy atom. The lowest BCUT2D eigenvalue weighted by Crippen LogP contribution is -2.55. The first-order valence-corrected chi connectivity index (χ1v) is 8.83. The van der Waals surface area contributed by atoms with Crippen molar-refractivity contribution < 1.29 is 0 Å². The smallest absolute Gasteiger partial charge is 0.225 e. The van der Waals surface area contributed by atoms with E-state index in [-0.39, 0.29) is 0 Å². The molecule has 0 spiro atoms. The van der Waals surface area contributed by atoms with E-state index >= 15 is 0 Å². The Kier molecular flexibility index (Phi) is 3.52. The third kappa shape index (κ3) is 2.51. The second kappa shape index (κ2) is 5.38. The molecule has 4 nitrogen and oxygen atoms in total. The van der Waals surface area contributed by atoms with Gasteiger partial charge in [-0.3, -0.25) is 4.90 Å². The highest BCUT2D eigenvalue weighted by atomic mass is 35.5. The molecule has 0 amide bonds. The maximum atomic E-state index is 6.14. The summed E-state index contributed by atoms with van der Waals surface area (Å²) in [5.41, 5.74) is 0. The van der Waals surface area contributed by atoms with Gasteiger partial charge in [-0.2, -0.15) is 4.98 Å². The molecule has 0 radical (unpaired) electrons. The number of fused-ring (bicyclic) bond motifs is 2. The molecule has 0 bridgehead atoms. The predicted octanol–water partition coefficient (Wildman–Crippen LogP) is 3.33. The number of hydrogen-bond acceptors (Lipinski definition) is 5. The Morgan fingerprint density at radius 1 is 1.24 bits per heavy atom. The summed E-state index contributed by atoms with van der Waals surface area (Å²) in [5.74, 6) is 1.03. The summed E-state index contributed by atoms with van der Waals surface area (Å²) in [6, 6.07) is 2.87. The number of piperazine rings is 1. The fraction of sp³-hybridized carbons (Fsp3) is 0.600. The third-order valence-corrected chi connectivity index (χ3v) is 5.72. The second-order valence-electron chi connectivity index (χ2n) is 6.02. The molecule has 0 saturated carbocycles. The minimum atomic E-state index is 0.366. The predicted molar refractivity (Wildman–Crippen MR) is 88.6 cm³/mol. The van der Waals surface area contributed by atoms with Gasteiger partial charge in [0.05, 0.1) is 5.39 Å². The van der Waals surface area contributed by atoms with Crippen LogP contribution in [-0.2, 0) is 0 Å². The summed E-state index contributed by atoms with van der Waals surface area (Å²) in [7, 11) is 0. The highest BCUT2D eigenvalue weighted by Gasteiger charge is 2.30. The molecule has 1 unspecified atom stereocenters. The van der Waals surface area contributed by atoms with Gasteiger partial charge in [0.15, 0.2) is 0 Å². The van der Waals surface area contributed by atoms with Crippen molar-refractivity contribution in [2.45, 2.75) is 32.2 Å². The average Bonchev–Trinajstić information content (AvgIpc) is 2.86. The van der Waals surface area contributed by atoms with Crippen molar-refractivity contribution in [3.8, 4) is 0 Å². The van der Waals surface area contributed by atoms with Gasteiger partial charge < -0.3 is 4.90 Å². The molecule has 0 aliphatic carbocycles. The lowest BCUT2D eigenvalue weighted by Gasteiger charge is -2.44. The van der Waals surface area contributed by atoms with E-state index in [1.54, 1.807) is 11.3 Å². The zero-order valence-electron chi connectivity index (χ0n) is 12.2. The molecule has 2 aromatic heterocycles. The van der Waals surface area contributed by atoms with E-state index in [9.17, 15) is 0 Å². The van der Waals surface area contributed by atoms with Crippen LogP contribution in [-0.4, -0.2) is 47.1 Å². The molecule has 2 aliphatic heterocycles. The molecule has 21 heavy (non-hydrogen) atoms. The van der Waals surface area contributed by atoms with Crippen molar-refractivity contribution in [3.05, 3.63) is 16.2 Å². The zero-order valence-corrected chi connectivity index (χ0v) is 13.8. The molecule has 2 aromatic rings. The van der Waals surface area contributed by atoms with Crippen LogP contribution < -0.4 is 4.90 Å². The number of aromatic nitrogens is 2. The Morgan fingerprint density at radius 2 is 2.14 bits per heavy atom. The molecule has 0 aromatic carbocycles. The highest BCUT2D eigenvalue weighted by Crippen LogP contribution is 2.33. The number of piperidine rings is 1. The van der Waals surface area contributed by atoms with Gasteiger partial charge in [-0.05, 0) is 44.0 Å². The van der Waals surface area contributed by atoms with E-state index in [0.717, 1.165) is 35.7 Å². The van der Waals surface area contributed by atoms with Gasteiger partial charge in [0, 0.05) is 30.6 Å². The summed E-state index contributed by atoms with van der Waals surface area (Å²) in [6.45, 7) is 6.61. The zero-order chi connectivity index (χ0) is 14.4. The van der Waals surface area contributed by atoms with Crippen LogP contribution in [0, 0.1) is 6.92 Å². The minimum Gasteiger partial charge on any atom is -0.353 e. The summed E-state index contributed by atoms with van der Waals surface area (Å²) >= 11 is 7.83. The normalized spacial score (nSPS) is 23.5. The molecule has 1 atom stereocenters. The topological polar surface area (TPSA) is 32.3 Å². The van der Waals surface area contributed by atoms with Crippen molar-refractivity contribution in [3.63, 3.8) is 0 Å². The molecule has 4 rings (SSSR count). The van der Waals surface area contributed by atoms with E-state index < -0.39 is 0 Å². The van der Waals surface area contributed by atoms with Crippen LogP contribution in [0.15, 0.2) is 6.07 Å². The lowest BCUT2D eigenvalue weighted by atomic mass is 9.99. The summed E-state index contributed by atoms with van der Waals surface area (Å²) < 4.78 is 0. The largest absolute Gasteiger partial charge is 0.353 e. The van der Waals surface area contributed by atoms with Gasteiger partial charge in [-0.1, -0.05) is 6.42 Å². The number of halogens is 1. The fourth-order valence-electron chi connectivity index (χ4n) is 3.59. The first-order valence-electron chi connectivity index (χ1n) is 7.63. The molecule has 6 heteroatoms. The van der Waals surface area contributed by atoms with Crippen LogP contribution in [0.5, 0.6) is 0 Å². The van der Waals surface area contributed by atoms with E-state index in [1.165, 1.54) is 30.7 Å². The van der Waals surface area contributed by atoms with E-state index in [0.29, 0.717) is 11.3 Å². The highest BCUT2D eigenvalue weighted by molar-refractivity contribution is 7.18. The summed E-state index contributed by atoms with van der Waals surface area (Å²) in [5, 5.41) is 1.52. The Bertz CT molecular complexity index is 671. The summed E-state index contributed by atoms with van der Waals surface area (Å²) in [4.78, 5) is 16.2. The standard InChI is InChI=1S/C15H19ClN4S/c1-10-8-12-13(17-15(16)18-14(12)21-10)20-7-6-19-5-3-2-4-11(19)9-20/h8,11H,2-7,9H2,1H3. The number of nitrogens with zero attached hydrogens (tertiary/aromatic N) is 4. The Labute approximate surface area is 133 Å². The van der Waals surface area contributed by atoms with Crippen molar-refractivity contribution >= 4 is 39.0 Å². The summed E-state index contributed by atoms with van der Waals surface area (Å²) in [6.07, 6.45) is 4.01. The van der Waals surface area contributed by atoms with Gasteiger partial charge >= 0.3 is 0 Å². The quantitative estimate of drug-likeness (QED) is 0.754. The SMILES string of the molecule is Cc1cc2c(N3CCN4CCCCC4C3)nc(Cl)nc2s1. The van der Waals surface area contributed by atoms with Gasteiger partial charge in [0.2, 0.25) is 5.28 Å². The fourth-order valence-corrected chi connectivity index (χ4v) is 4.68. The van der Waals surface area contributed by atoms with Crippen molar-refractivity contribution in [1.82, 2.24) is 14.9 Å². The Hall–Kier alpha value is -0.910. The van der Waals surface area contributed by atoms with E-state index in [1.807, 2.05) is 0 Å². The van der Waals surface area contributed by atoms with Crippen molar-refractivity contribution in [1.29, 1.82) is 0 Å². The van der Waals surface area contributed by atoms with E-state index in [2.05, 4.69) is 32.8 Å². The molecule has 112 valence electrons. The maximum absolute atomic E-state index is 6.14. The van der Waals surface area contributed by atoms with E-state index in [4.69, 9.17) is 11.6 Å². The van der Waals surface area contributed by atoms with Crippen LogP contribution in [0.25, 0.3) is 10.2 Å². The molecule has 2 saturated heterocycles. The van der Waals surface area contributed by atoms with Gasteiger partial charge in [0.25, 0.3) is 0 Å². The number of rotatable bonds is 1. The van der Waals surface area contributed by atoms with Crippen LogP contribution >= 0.6 is 22.9 Å². The molecule has 0 N–H and O–H groups in total. The molecule has 2 aliphatic rings. The number of aryl methyl sites for hydroxylation is 1. The first-order chi connectivity index (χ1) is 10.2. The van der Waals surface area contributed by atoms with Gasteiger partial charge in [0.1, 0.15) is 10.6 Å².